The molecule has 1 rings (SSSR count). The number of carbonyl (C=O) groups excluding carboxylic acids is 1. The predicted octanol–water partition coefficient (Wildman–Crippen LogP) is 1.55. The highest BCUT2D eigenvalue weighted by Crippen LogP contribution is 2.16. The normalized spacial score (nSPS) is 11.2. The molecule has 0 unspecified atom stereocenters. The number of esters is 1. The molecular formula is C11H13FO4S. The van der Waals surface area contributed by atoms with Crippen LogP contribution in [0.25, 0.3) is 0 Å². The molecule has 0 amide bonds. The van der Waals surface area contributed by atoms with Crippen molar-refractivity contribution in [3.05, 3.63) is 30.1 Å². The molecule has 0 spiro atoms. The number of benzene rings is 1. The monoisotopic (exact) mass is 260 g/mol. The number of rotatable bonds is 5. The minimum atomic E-state index is -3.78. The lowest BCUT2D eigenvalue weighted by Crippen LogP contribution is -2.14. The minimum absolute atomic E-state index is 0.193. The van der Waals surface area contributed by atoms with Crippen LogP contribution < -0.4 is 0 Å². The van der Waals surface area contributed by atoms with Gasteiger partial charge in [-0.3, -0.25) is 4.79 Å². The van der Waals surface area contributed by atoms with Gasteiger partial charge in [-0.15, -0.1) is 0 Å². The van der Waals surface area contributed by atoms with E-state index in [-0.39, 0.29) is 17.9 Å². The van der Waals surface area contributed by atoms with Gasteiger partial charge in [-0.25, -0.2) is 12.8 Å². The summed E-state index contributed by atoms with van der Waals surface area (Å²) in [7, 11) is -3.78. The molecule has 0 fully saturated rings. The number of hydrogen-bond donors (Lipinski definition) is 0. The summed E-state index contributed by atoms with van der Waals surface area (Å²) in [5.74, 6) is -1.86. The zero-order valence-corrected chi connectivity index (χ0v) is 10.2. The molecule has 0 atom stereocenters. The SMILES string of the molecule is CCOC(=O)CCS(=O)(=O)c1ccccc1F. The highest BCUT2D eigenvalue weighted by atomic mass is 32.2. The smallest absolute Gasteiger partial charge is 0.306 e. The van der Waals surface area contributed by atoms with Crippen molar-refractivity contribution in [2.45, 2.75) is 18.2 Å². The Labute approximate surface area is 99.3 Å². The molecule has 17 heavy (non-hydrogen) atoms. The summed E-state index contributed by atoms with van der Waals surface area (Å²) in [6, 6.07) is 5.08. The third kappa shape index (κ3) is 3.81. The Hall–Kier alpha value is -1.43. The fraction of sp³-hybridized carbons (Fsp3) is 0.364. The van der Waals surface area contributed by atoms with E-state index in [1.807, 2.05) is 0 Å². The highest BCUT2D eigenvalue weighted by Gasteiger charge is 2.20. The highest BCUT2D eigenvalue weighted by molar-refractivity contribution is 7.91. The largest absolute Gasteiger partial charge is 0.466 e. The van der Waals surface area contributed by atoms with Crippen molar-refractivity contribution in [1.82, 2.24) is 0 Å². The summed E-state index contributed by atoms with van der Waals surface area (Å²) in [6.07, 6.45) is -0.273. The zero-order chi connectivity index (χ0) is 12.9. The maximum atomic E-state index is 13.3. The molecular weight excluding hydrogens is 247 g/mol. The summed E-state index contributed by atoms with van der Waals surface area (Å²) in [6.45, 7) is 1.82. The van der Waals surface area contributed by atoms with Crippen molar-refractivity contribution >= 4 is 15.8 Å². The van der Waals surface area contributed by atoms with Crippen LogP contribution in [0.4, 0.5) is 4.39 Å². The fourth-order valence-corrected chi connectivity index (χ4v) is 2.56. The predicted molar refractivity (Wildman–Crippen MR) is 59.7 cm³/mol. The average molecular weight is 260 g/mol. The molecule has 0 radical (unpaired) electrons. The molecule has 0 N–H and O–H groups in total. The number of halogens is 1. The molecule has 0 saturated heterocycles. The van der Waals surface area contributed by atoms with Crippen molar-refractivity contribution in [3.63, 3.8) is 0 Å². The first-order valence-corrected chi connectivity index (χ1v) is 6.75. The molecule has 0 aromatic heterocycles. The van der Waals surface area contributed by atoms with Crippen LogP contribution in [-0.2, 0) is 19.4 Å². The summed E-state index contributed by atoms with van der Waals surface area (Å²) < 4.78 is 41.3. The van der Waals surface area contributed by atoms with Crippen LogP contribution >= 0.6 is 0 Å². The first-order valence-electron chi connectivity index (χ1n) is 5.10. The number of sulfone groups is 1. The van der Waals surface area contributed by atoms with Crippen LogP contribution in [0.15, 0.2) is 29.2 Å². The van der Waals surface area contributed by atoms with Crippen LogP contribution in [0.3, 0.4) is 0 Å². The van der Waals surface area contributed by atoms with Gasteiger partial charge < -0.3 is 4.74 Å². The molecule has 0 bridgehead atoms. The number of hydrogen-bond acceptors (Lipinski definition) is 4. The van der Waals surface area contributed by atoms with E-state index in [4.69, 9.17) is 0 Å². The van der Waals surface area contributed by atoms with E-state index in [9.17, 15) is 17.6 Å². The van der Waals surface area contributed by atoms with E-state index in [1.165, 1.54) is 18.2 Å². The maximum absolute atomic E-state index is 13.3. The molecule has 0 heterocycles. The van der Waals surface area contributed by atoms with Crippen LogP contribution in [-0.4, -0.2) is 26.7 Å². The Morgan fingerprint density at radius 2 is 2.00 bits per heavy atom. The fourth-order valence-electron chi connectivity index (χ4n) is 1.26. The Kier molecular flexibility index (Phi) is 4.62. The summed E-state index contributed by atoms with van der Waals surface area (Å²) in [5, 5.41) is 0. The average Bonchev–Trinajstić information content (AvgIpc) is 2.27. The summed E-state index contributed by atoms with van der Waals surface area (Å²) in [5.41, 5.74) is 0. The second-order valence-electron chi connectivity index (χ2n) is 3.30. The van der Waals surface area contributed by atoms with E-state index < -0.39 is 27.4 Å². The van der Waals surface area contributed by atoms with Crippen LogP contribution in [0.1, 0.15) is 13.3 Å². The lowest BCUT2D eigenvalue weighted by molar-refractivity contribution is -0.142. The summed E-state index contributed by atoms with van der Waals surface area (Å²) >= 11 is 0. The quantitative estimate of drug-likeness (QED) is 0.754. The van der Waals surface area contributed by atoms with Crippen molar-refractivity contribution in [2.24, 2.45) is 0 Å². The molecule has 6 heteroatoms. The van der Waals surface area contributed by atoms with Gasteiger partial charge in [-0.05, 0) is 19.1 Å². The Balaban J connectivity index is 2.77. The van der Waals surface area contributed by atoms with E-state index in [1.54, 1.807) is 6.92 Å². The summed E-state index contributed by atoms with van der Waals surface area (Å²) in [4.78, 5) is 10.6. The van der Waals surface area contributed by atoms with E-state index >= 15 is 0 Å². The van der Waals surface area contributed by atoms with Crippen molar-refractivity contribution < 1.29 is 22.3 Å². The maximum Gasteiger partial charge on any atom is 0.306 e. The van der Waals surface area contributed by atoms with E-state index in [2.05, 4.69) is 4.74 Å². The van der Waals surface area contributed by atoms with Gasteiger partial charge in [-0.1, -0.05) is 12.1 Å². The molecule has 0 aliphatic carbocycles. The Bertz CT molecular complexity index is 496. The molecule has 94 valence electrons. The molecule has 0 aliphatic rings. The van der Waals surface area contributed by atoms with Crippen molar-refractivity contribution in [2.75, 3.05) is 12.4 Å². The number of ether oxygens (including phenoxy) is 1. The second kappa shape index (κ2) is 5.77. The lowest BCUT2D eigenvalue weighted by Gasteiger charge is -2.05. The standard InChI is InChI=1S/C11H13FO4S/c1-2-16-11(13)7-8-17(14,15)10-6-4-3-5-9(10)12/h3-6H,2,7-8H2,1H3. The minimum Gasteiger partial charge on any atom is -0.466 e. The van der Waals surface area contributed by atoms with Gasteiger partial charge in [0.15, 0.2) is 9.84 Å². The van der Waals surface area contributed by atoms with E-state index in [0.29, 0.717) is 0 Å². The van der Waals surface area contributed by atoms with Gasteiger partial charge >= 0.3 is 5.97 Å². The second-order valence-corrected chi connectivity index (χ2v) is 5.38. The molecule has 0 aliphatic heterocycles. The molecule has 1 aromatic carbocycles. The van der Waals surface area contributed by atoms with Gasteiger partial charge in [0, 0.05) is 0 Å². The van der Waals surface area contributed by atoms with Gasteiger partial charge in [0.1, 0.15) is 10.7 Å². The van der Waals surface area contributed by atoms with Crippen LogP contribution in [0.5, 0.6) is 0 Å². The molecule has 1 aromatic rings. The zero-order valence-electron chi connectivity index (χ0n) is 9.35. The Morgan fingerprint density at radius 3 is 2.59 bits per heavy atom. The lowest BCUT2D eigenvalue weighted by atomic mass is 10.3. The van der Waals surface area contributed by atoms with E-state index in [0.717, 1.165) is 6.07 Å². The van der Waals surface area contributed by atoms with Crippen LogP contribution in [0, 0.1) is 5.82 Å². The van der Waals surface area contributed by atoms with Gasteiger partial charge in [0.25, 0.3) is 0 Å². The topological polar surface area (TPSA) is 60.4 Å². The third-order valence-corrected chi connectivity index (χ3v) is 3.79. The van der Waals surface area contributed by atoms with Gasteiger partial charge in [-0.2, -0.15) is 0 Å². The molecule has 0 saturated carbocycles. The molecule has 4 nitrogen and oxygen atoms in total. The first-order chi connectivity index (χ1) is 7.97. The van der Waals surface area contributed by atoms with Gasteiger partial charge in [0.05, 0.1) is 18.8 Å². The third-order valence-electron chi connectivity index (χ3n) is 2.05. The number of carbonyl (C=O) groups is 1. The first kappa shape index (κ1) is 13.6. The Morgan fingerprint density at radius 1 is 1.35 bits per heavy atom. The van der Waals surface area contributed by atoms with Crippen molar-refractivity contribution in [1.29, 1.82) is 0 Å². The van der Waals surface area contributed by atoms with Crippen molar-refractivity contribution in [3.8, 4) is 0 Å². The van der Waals surface area contributed by atoms with Gasteiger partial charge in [0.2, 0.25) is 0 Å². The van der Waals surface area contributed by atoms with Crippen LogP contribution in [0.2, 0.25) is 0 Å².